The van der Waals surface area contributed by atoms with Gasteiger partial charge in [0.1, 0.15) is 12.4 Å². The van der Waals surface area contributed by atoms with Crippen LogP contribution < -0.4 is 9.73 Å². The Morgan fingerprint density at radius 3 is 2.27 bits per heavy atom. The molecular formula is C24H27FN4O3S. The molecule has 1 aromatic heterocycles. The molecule has 0 saturated carbocycles. The number of hydrazone groups is 1. The topological polar surface area (TPSA) is 83.8 Å². The second-order valence-corrected chi connectivity index (χ2v) is 9.85. The molecule has 33 heavy (non-hydrogen) atoms. The first kappa shape index (κ1) is 24.2. The predicted octanol–water partition coefficient (Wildman–Crippen LogP) is 3.77. The molecule has 7 nitrogen and oxygen atoms in total. The van der Waals surface area contributed by atoms with Crippen molar-refractivity contribution >= 4 is 27.8 Å². The summed E-state index contributed by atoms with van der Waals surface area (Å²) in [6.07, 6.45) is 2.52. The van der Waals surface area contributed by atoms with Gasteiger partial charge in [0.2, 0.25) is 10.0 Å². The third kappa shape index (κ3) is 5.48. The molecule has 0 bridgehead atoms. The molecule has 174 valence electrons. The number of anilines is 1. The van der Waals surface area contributed by atoms with Crippen LogP contribution in [0.4, 0.5) is 10.1 Å². The molecule has 0 aliphatic rings. The van der Waals surface area contributed by atoms with Crippen LogP contribution in [0.3, 0.4) is 0 Å². The quantitative estimate of drug-likeness (QED) is 0.422. The Bertz CT molecular complexity index is 1290. The highest BCUT2D eigenvalue weighted by Gasteiger charge is 2.21. The summed E-state index contributed by atoms with van der Waals surface area (Å²) in [4.78, 5) is 12.4. The van der Waals surface area contributed by atoms with Gasteiger partial charge >= 0.3 is 0 Å². The fraction of sp³-hybridized carbons (Fsp3) is 0.250. The normalized spacial score (nSPS) is 11.7. The average Bonchev–Trinajstić information content (AvgIpc) is 3.00. The lowest BCUT2D eigenvalue weighted by atomic mass is 10.1. The number of carbonyl (C=O) groups is 1. The van der Waals surface area contributed by atoms with Gasteiger partial charge < -0.3 is 4.57 Å². The van der Waals surface area contributed by atoms with Crippen molar-refractivity contribution in [1.29, 1.82) is 0 Å². The standard InChI is InChI=1S/C24H27FN4O3S/c1-16-7-6-8-17(2)24(16)29-18(3)13-20(19(29)4)14-26-27-23(30)15-28(33(5,31)32)22-11-9-21(25)10-12-22/h6-14H,15H2,1-5H3,(H,27,30)/b26-14-. The molecule has 0 spiro atoms. The van der Waals surface area contributed by atoms with Crippen LogP contribution >= 0.6 is 0 Å². The Morgan fingerprint density at radius 1 is 1.09 bits per heavy atom. The van der Waals surface area contributed by atoms with Gasteiger partial charge in [-0.1, -0.05) is 18.2 Å². The van der Waals surface area contributed by atoms with Crippen LogP contribution in [-0.2, 0) is 14.8 Å². The molecule has 9 heteroatoms. The van der Waals surface area contributed by atoms with Gasteiger partial charge in [-0.2, -0.15) is 5.10 Å². The van der Waals surface area contributed by atoms with Crippen LogP contribution in [0.25, 0.3) is 5.69 Å². The average molecular weight is 471 g/mol. The fourth-order valence-corrected chi connectivity index (χ4v) is 4.62. The number of rotatable bonds is 7. The number of aromatic nitrogens is 1. The summed E-state index contributed by atoms with van der Waals surface area (Å²) >= 11 is 0. The Balaban J connectivity index is 1.77. The maximum absolute atomic E-state index is 13.2. The van der Waals surface area contributed by atoms with Gasteiger partial charge in [-0.15, -0.1) is 0 Å². The van der Waals surface area contributed by atoms with Gasteiger partial charge in [0.05, 0.1) is 23.8 Å². The Labute approximate surface area is 193 Å². The van der Waals surface area contributed by atoms with E-state index < -0.39 is 28.3 Å². The van der Waals surface area contributed by atoms with Crippen molar-refractivity contribution in [3.05, 3.63) is 82.4 Å². The van der Waals surface area contributed by atoms with Crippen molar-refractivity contribution in [3.63, 3.8) is 0 Å². The molecule has 0 aliphatic carbocycles. The van der Waals surface area contributed by atoms with E-state index in [2.05, 4.69) is 41.1 Å². The number of aryl methyl sites for hydroxylation is 3. The summed E-state index contributed by atoms with van der Waals surface area (Å²) in [5, 5.41) is 4.02. The Morgan fingerprint density at radius 2 is 1.70 bits per heavy atom. The third-order valence-corrected chi connectivity index (χ3v) is 6.47. The van der Waals surface area contributed by atoms with Crippen LogP contribution in [0, 0.1) is 33.5 Å². The first-order valence-corrected chi connectivity index (χ1v) is 12.1. The van der Waals surface area contributed by atoms with E-state index in [0.717, 1.165) is 56.5 Å². The van der Waals surface area contributed by atoms with E-state index in [1.54, 1.807) is 0 Å². The van der Waals surface area contributed by atoms with E-state index in [1.807, 2.05) is 26.0 Å². The number of halogens is 1. The number of amides is 1. The highest BCUT2D eigenvalue weighted by molar-refractivity contribution is 7.92. The first-order valence-electron chi connectivity index (χ1n) is 10.3. The number of carbonyl (C=O) groups excluding carboxylic acids is 1. The molecule has 1 amide bonds. The molecule has 0 unspecified atom stereocenters. The second-order valence-electron chi connectivity index (χ2n) is 7.94. The van der Waals surface area contributed by atoms with Crippen LogP contribution in [0.2, 0.25) is 0 Å². The zero-order valence-electron chi connectivity index (χ0n) is 19.3. The maximum atomic E-state index is 13.2. The van der Waals surface area contributed by atoms with E-state index in [9.17, 15) is 17.6 Å². The predicted molar refractivity (Wildman–Crippen MR) is 129 cm³/mol. The minimum atomic E-state index is -3.76. The Hall–Kier alpha value is -3.46. The van der Waals surface area contributed by atoms with Crippen LogP contribution in [0.1, 0.15) is 28.1 Å². The Kier molecular flexibility index (Phi) is 7.02. The lowest BCUT2D eigenvalue weighted by Gasteiger charge is -2.21. The molecule has 1 N–H and O–H groups in total. The van der Waals surface area contributed by atoms with E-state index in [1.165, 1.54) is 18.3 Å². The first-order chi connectivity index (χ1) is 15.5. The van der Waals surface area contributed by atoms with Crippen LogP contribution in [0.5, 0.6) is 0 Å². The lowest BCUT2D eigenvalue weighted by Crippen LogP contribution is -2.39. The van der Waals surface area contributed by atoms with Gasteiger partial charge in [0.15, 0.2) is 0 Å². The van der Waals surface area contributed by atoms with Crippen molar-refractivity contribution in [2.75, 3.05) is 17.1 Å². The minimum Gasteiger partial charge on any atom is -0.317 e. The van der Waals surface area contributed by atoms with Crippen molar-refractivity contribution in [1.82, 2.24) is 9.99 Å². The van der Waals surface area contributed by atoms with Gasteiger partial charge in [-0.05, 0) is 69.2 Å². The second kappa shape index (κ2) is 9.58. The lowest BCUT2D eigenvalue weighted by molar-refractivity contribution is -0.119. The largest absolute Gasteiger partial charge is 0.317 e. The monoisotopic (exact) mass is 470 g/mol. The highest BCUT2D eigenvalue weighted by atomic mass is 32.2. The van der Waals surface area contributed by atoms with Gasteiger partial charge in [0, 0.05) is 17.0 Å². The molecule has 0 fully saturated rings. The summed E-state index contributed by atoms with van der Waals surface area (Å²) in [6, 6.07) is 13.0. The number of para-hydroxylation sites is 1. The summed E-state index contributed by atoms with van der Waals surface area (Å²) in [7, 11) is -3.76. The van der Waals surface area contributed by atoms with Gasteiger partial charge in [0.25, 0.3) is 5.91 Å². The van der Waals surface area contributed by atoms with E-state index in [4.69, 9.17) is 0 Å². The fourth-order valence-electron chi connectivity index (χ4n) is 3.77. The van der Waals surface area contributed by atoms with Crippen molar-refractivity contribution < 1.29 is 17.6 Å². The summed E-state index contributed by atoms with van der Waals surface area (Å²) in [5.41, 5.74) is 8.79. The molecule has 0 atom stereocenters. The summed E-state index contributed by atoms with van der Waals surface area (Å²) in [5.74, 6) is -1.12. The molecule has 0 saturated heterocycles. The maximum Gasteiger partial charge on any atom is 0.260 e. The number of benzene rings is 2. The molecule has 3 rings (SSSR count). The van der Waals surface area contributed by atoms with Gasteiger partial charge in [-0.3, -0.25) is 9.10 Å². The van der Waals surface area contributed by atoms with E-state index >= 15 is 0 Å². The minimum absolute atomic E-state index is 0.190. The zero-order valence-corrected chi connectivity index (χ0v) is 20.1. The smallest absolute Gasteiger partial charge is 0.260 e. The van der Waals surface area contributed by atoms with Crippen molar-refractivity contribution in [2.24, 2.45) is 5.10 Å². The number of hydrogen-bond donors (Lipinski definition) is 1. The molecule has 2 aromatic carbocycles. The van der Waals surface area contributed by atoms with Gasteiger partial charge in [-0.25, -0.2) is 18.2 Å². The van der Waals surface area contributed by atoms with E-state index in [-0.39, 0.29) is 5.69 Å². The molecular weight excluding hydrogens is 443 g/mol. The highest BCUT2D eigenvalue weighted by Crippen LogP contribution is 2.25. The molecule has 0 radical (unpaired) electrons. The number of nitrogens with one attached hydrogen (secondary N) is 1. The number of hydrogen-bond acceptors (Lipinski definition) is 4. The molecule has 3 aromatic rings. The zero-order chi connectivity index (χ0) is 24.3. The van der Waals surface area contributed by atoms with Crippen molar-refractivity contribution in [3.8, 4) is 5.69 Å². The van der Waals surface area contributed by atoms with Crippen molar-refractivity contribution in [2.45, 2.75) is 27.7 Å². The number of nitrogens with zero attached hydrogens (tertiary/aromatic N) is 3. The van der Waals surface area contributed by atoms with Crippen LogP contribution in [0.15, 0.2) is 53.6 Å². The molecule has 1 heterocycles. The van der Waals surface area contributed by atoms with Crippen LogP contribution in [-0.4, -0.2) is 37.9 Å². The number of sulfonamides is 1. The SMILES string of the molecule is Cc1cccc(C)c1-n1c(C)cc(/C=N\NC(=O)CN(c2ccc(F)cc2)S(C)(=O)=O)c1C. The molecule has 0 aliphatic heterocycles. The summed E-state index contributed by atoms with van der Waals surface area (Å²) < 4.78 is 40.5. The summed E-state index contributed by atoms with van der Waals surface area (Å²) in [6.45, 7) is 7.61. The third-order valence-electron chi connectivity index (χ3n) is 5.33. The van der Waals surface area contributed by atoms with E-state index in [0.29, 0.717) is 0 Å².